The molecule has 2 aliphatic rings. The first-order valence-corrected chi connectivity index (χ1v) is 8.44. The van der Waals surface area contributed by atoms with E-state index in [9.17, 15) is 14.4 Å². The first-order chi connectivity index (χ1) is 13.4. The van der Waals surface area contributed by atoms with Crippen LogP contribution in [0.25, 0.3) is 0 Å². The number of anilines is 1. The lowest BCUT2D eigenvalue weighted by molar-refractivity contribution is -0.143. The number of nitrogens with two attached hydrogens (primary N) is 1. The molecule has 0 saturated heterocycles. The van der Waals surface area contributed by atoms with Gasteiger partial charge in [-0.1, -0.05) is 18.2 Å². The maximum atomic E-state index is 13.2. The number of nitrogens with one attached hydrogen (secondary N) is 1. The van der Waals surface area contributed by atoms with Crippen LogP contribution in [0.15, 0.2) is 47.1 Å². The van der Waals surface area contributed by atoms with Crippen LogP contribution < -0.4 is 11.1 Å². The first kappa shape index (κ1) is 19.4. The van der Waals surface area contributed by atoms with Gasteiger partial charge in [0.25, 0.3) is 0 Å². The van der Waals surface area contributed by atoms with E-state index in [2.05, 4.69) is 5.32 Å². The van der Waals surface area contributed by atoms with E-state index in [-0.39, 0.29) is 36.0 Å². The fraction of sp³-hybridized carbons (Fsp3) is 0.316. The quantitative estimate of drug-likeness (QED) is 0.558. The van der Waals surface area contributed by atoms with Gasteiger partial charge in [-0.25, -0.2) is 9.59 Å². The summed E-state index contributed by atoms with van der Waals surface area (Å²) in [6.07, 6.45) is 0. The molecule has 0 bridgehead atoms. The van der Waals surface area contributed by atoms with E-state index in [4.69, 9.17) is 24.7 Å². The Morgan fingerprint density at radius 3 is 2.54 bits per heavy atom. The van der Waals surface area contributed by atoms with Gasteiger partial charge in [0.05, 0.1) is 13.7 Å². The Morgan fingerprint density at radius 1 is 1.14 bits per heavy atom. The van der Waals surface area contributed by atoms with Gasteiger partial charge in [-0.15, -0.1) is 0 Å². The van der Waals surface area contributed by atoms with Gasteiger partial charge in [-0.3, -0.25) is 4.79 Å². The molecule has 9 nitrogen and oxygen atoms in total. The molecule has 3 N–H and O–H groups in total. The van der Waals surface area contributed by atoms with Crippen molar-refractivity contribution in [2.24, 2.45) is 5.73 Å². The molecule has 0 saturated carbocycles. The maximum Gasteiger partial charge on any atom is 0.341 e. The zero-order valence-corrected chi connectivity index (χ0v) is 15.7. The lowest BCUT2D eigenvalue weighted by Crippen LogP contribution is -2.48. The molecule has 3 rings (SSSR count). The third kappa shape index (κ3) is 2.71. The number of esters is 2. The van der Waals surface area contributed by atoms with Crippen LogP contribution in [0.2, 0.25) is 0 Å². The minimum atomic E-state index is -1.85. The molecular formula is C19H20N2O7. The molecule has 1 spiro atoms. The largest absolute Gasteiger partial charge is 0.466 e. The average Bonchev–Trinajstić information content (AvgIpc) is 2.94. The minimum absolute atomic E-state index is 0.0599. The van der Waals surface area contributed by atoms with Crippen LogP contribution in [0.4, 0.5) is 5.69 Å². The molecule has 0 aromatic heterocycles. The number of hydrogen-bond donors (Lipinski definition) is 2. The summed E-state index contributed by atoms with van der Waals surface area (Å²) in [4.78, 5) is 38.8. The summed E-state index contributed by atoms with van der Waals surface area (Å²) in [5.74, 6) is -2.60. The minimum Gasteiger partial charge on any atom is -0.466 e. The smallest absolute Gasteiger partial charge is 0.341 e. The van der Waals surface area contributed by atoms with E-state index in [0.717, 1.165) is 0 Å². The van der Waals surface area contributed by atoms with Crippen LogP contribution in [0.1, 0.15) is 12.5 Å². The van der Waals surface area contributed by atoms with E-state index >= 15 is 0 Å². The van der Waals surface area contributed by atoms with E-state index in [0.29, 0.717) is 11.3 Å². The number of carbonyl (C=O) groups is 3. The van der Waals surface area contributed by atoms with Crippen LogP contribution in [-0.2, 0) is 38.7 Å². The molecule has 1 amide bonds. The molecule has 1 atom stereocenters. The predicted molar refractivity (Wildman–Crippen MR) is 96.6 cm³/mol. The molecule has 2 aliphatic heterocycles. The molecule has 2 heterocycles. The normalized spacial score (nSPS) is 20.6. The van der Waals surface area contributed by atoms with Crippen molar-refractivity contribution in [3.63, 3.8) is 0 Å². The highest BCUT2D eigenvalue weighted by Crippen LogP contribution is 2.52. The Labute approximate surface area is 161 Å². The van der Waals surface area contributed by atoms with Crippen LogP contribution in [0, 0.1) is 0 Å². The number of ether oxygens (including phenoxy) is 4. The van der Waals surface area contributed by atoms with Crippen molar-refractivity contribution >= 4 is 23.5 Å². The zero-order chi connectivity index (χ0) is 20.5. The summed E-state index contributed by atoms with van der Waals surface area (Å²) < 4.78 is 20.4. The van der Waals surface area contributed by atoms with Crippen molar-refractivity contribution in [1.82, 2.24) is 0 Å². The highest BCUT2D eigenvalue weighted by Gasteiger charge is 2.61. The second-order valence-corrected chi connectivity index (χ2v) is 6.14. The lowest BCUT2D eigenvalue weighted by Gasteiger charge is -2.35. The van der Waals surface area contributed by atoms with E-state index < -0.39 is 23.3 Å². The summed E-state index contributed by atoms with van der Waals surface area (Å²) in [5, 5.41) is 2.70. The standard InChI is InChI=1S/C19H20N2O7/c1-10-13(16(22)26-3)19(11-6-4-5-7-12(11)21-18(19)24)14(15(20)28-10)17(23)27-9-8-25-2/h4-7H,8-9,20H2,1-3H3,(H,21,24). The molecule has 148 valence electrons. The Bertz CT molecular complexity index is 919. The summed E-state index contributed by atoms with van der Waals surface area (Å²) in [5.41, 5.74) is 4.57. The molecule has 9 heteroatoms. The lowest BCUT2D eigenvalue weighted by atomic mass is 9.67. The maximum absolute atomic E-state index is 13.2. The van der Waals surface area contributed by atoms with Crippen molar-refractivity contribution in [1.29, 1.82) is 0 Å². The summed E-state index contributed by atoms with van der Waals surface area (Å²) in [6, 6.07) is 6.69. The van der Waals surface area contributed by atoms with E-state index in [1.54, 1.807) is 24.3 Å². The molecule has 1 aromatic rings. The van der Waals surface area contributed by atoms with Gasteiger partial charge in [0, 0.05) is 18.4 Å². The number of rotatable bonds is 5. The Kier molecular flexibility index (Phi) is 5.10. The van der Waals surface area contributed by atoms with Gasteiger partial charge >= 0.3 is 11.9 Å². The fourth-order valence-corrected chi connectivity index (χ4v) is 3.54. The average molecular weight is 388 g/mol. The van der Waals surface area contributed by atoms with Crippen molar-refractivity contribution in [2.75, 3.05) is 32.8 Å². The number of amides is 1. The van der Waals surface area contributed by atoms with E-state index in [1.165, 1.54) is 21.1 Å². The monoisotopic (exact) mass is 388 g/mol. The van der Waals surface area contributed by atoms with Gasteiger partial charge in [-0.2, -0.15) is 0 Å². The third-order valence-electron chi connectivity index (χ3n) is 4.65. The van der Waals surface area contributed by atoms with Crippen LogP contribution in [0.3, 0.4) is 0 Å². The summed E-state index contributed by atoms with van der Waals surface area (Å²) in [6.45, 7) is 1.55. The molecule has 1 aromatic carbocycles. The third-order valence-corrected chi connectivity index (χ3v) is 4.65. The molecule has 0 radical (unpaired) electrons. The molecule has 28 heavy (non-hydrogen) atoms. The number of benzene rings is 1. The molecule has 1 unspecified atom stereocenters. The number of methoxy groups -OCH3 is 2. The topological polar surface area (TPSA) is 126 Å². The van der Waals surface area contributed by atoms with Crippen LogP contribution in [0.5, 0.6) is 0 Å². The molecular weight excluding hydrogens is 368 g/mol. The zero-order valence-electron chi connectivity index (χ0n) is 15.7. The van der Waals surface area contributed by atoms with Gasteiger partial charge in [0.1, 0.15) is 28.9 Å². The summed E-state index contributed by atoms with van der Waals surface area (Å²) in [7, 11) is 2.63. The number of carbonyl (C=O) groups excluding carboxylic acids is 3. The Hall–Kier alpha value is -3.33. The van der Waals surface area contributed by atoms with Crippen LogP contribution >= 0.6 is 0 Å². The number of allylic oxidation sites excluding steroid dienone is 1. The van der Waals surface area contributed by atoms with Gasteiger partial charge in [0.2, 0.25) is 11.8 Å². The number of hydrogen-bond acceptors (Lipinski definition) is 8. The van der Waals surface area contributed by atoms with Gasteiger partial charge in [0.15, 0.2) is 0 Å². The van der Waals surface area contributed by atoms with Crippen molar-refractivity contribution in [2.45, 2.75) is 12.3 Å². The Morgan fingerprint density at radius 2 is 1.86 bits per heavy atom. The summed E-state index contributed by atoms with van der Waals surface area (Å²) >= 11 is 0. The molecule has 0 fully saturated rings. The van der Waals surface area contributed by atoms with Crippen molar-refractivity contribution < 1.29 is 33.3 Å². The first-order valence-electron chi connectivity index (χ1n) is 8.44. The Balaban J connectivity index is 2.27. The predicted octanol–water partition coefficient (Wildman–Crippen LogP) is 0.714. The number of para-hydroxylation sites is 1. The highest BCUT2D eigenvalue weighted by atomic mass is 16.6. The number of fused-ring (bicyclic) bond motifs is 2. The fourth-order valence-electron chi connectivity index (χ4n) is 3.54. The van der Waals surface area contributed by atoms with Crippen molar-refractivity contribution in [3.05, 3.63) is 52.6 Å². The second kappa shape index (κ2) is 7.35. The van der Waals surface area contributed by atoms with Crippen LogP contribution in [-0.4, -0.2) is 45.3 Å². The SMILES string of the molecule is COCCOC(=O)C1=C(N)OC(C)=C(C(=O)OC)C12C(=O)Nc1ccccc12. The highest BCUT2D eigenvalue weighted by molar-refractivity contribution is 6.21. The van der Waals surface area contributed by atoms with Gasteiger partial charge in [-0.05, 0) is 13.0 Å². The van der Waals surface area contributed by atoms with Gasteiger partial charge < -0.3 is 30.0 Å². The second-order valence-electron chi connectivity index (χ2n) is 6.14. The van der Waals surface area contributed by atoms with Crippen molar-refractivity contribution in [3.8, 4) is 0 Å². The van der Waals surface area contributed by atoms with E-state index in [1.807, 2.05) is 0 Å². The molecule has 0 aliphatic carbocycles.